The number of hydrazine groups is 1. The highest BCUT2D eigenvalue weighted by Gasteiger charge is 2.14. The van der Waals surface area contributed by atoms with Gasteiger partial charge in [0.15, 0.2) is 0 Å². The Morgan fingerprint density at radius 1 is 1.29 bits per heavy atom. The summed E-state index contributed by atoms with van der Waals surface area (Å²) in [6.45, 7) is 5.98. The molecule has 2 rings (SSSR count). The van der Waals surface area contributed by atoms with Gasteiger partial charge in [-0.1, -0.05) is 6.07 Å². The Hall–Kier alpha value is -3.03. The Kier molecular flexibility index (Phi) is 5.78. The number of ether oxygens (including phenoxy) is 1. The van der Waals surface area contributed by atoms with Gasteiger partial charge < -0.3 is 14.5 Å². The van der Waals surface area contributed by atoms with E-state index in [2.05, 4.69) is 21.2 Å². The fourth-order valence-corrected chi connectivity index (χ4v) is 2.08. The van der Waals surface area contributed by atoms with Gasteiger partial charge in [0.2, 0.25) is 5.88 Å². The number of nitrogens with one attached hydrogen (secondary N) is 3. The summed E-state index contributed by atoms with van der Waals surface area (Å²) in [7, 11) is 0. The Labute approximate surface area is 139 Å². The molecule has 8 nitrogen and oxygen atoms in total. The summed E-state index contributed by atoms with van der Waals surface area (Å²) in [6.07, 6.45) is 1.62. The van der Waals surface area contributed by atoms with E-state index in [0.29, 0.717) is 29.6 Å². The third-order valence-corrected chi connectivity index (χ3v) is 3.15. The molecular weight excluding hydrogens is 312 g/mol. The second kappa shape index (κ2) is 8.00. The summed E-state index contributed by atoms with van der Waals surface area (Å²) in [4.78, 5) is 27.8. The van der Waals surface area contributed by atoms with Crippen molar-refractivity contribution >= 4 is 11.9 Å². The van der Waals surface area contributed by atoms with E-state index >= 15 is 0 Å². The van der Waals surface area contributed by atoms with Crippen molar-refractivity contribution < 1.29 is 18.7 Å². The molecule has 0 aliphatic heterocycles. The van der Waals surface area contributed by atoms with E-state index in [1.807, 2.05) is 6.92 Å². The number of nitrogens with zero attached hydrogens (tertiary/aromatic N) is 1. The molecular formula is C16H20N4O4. The van der Waals surface area contributed by atoms with Crippen molar-refractivity contribution in [1.29, 1.82) is 0 Å². The zero-order valence-corrected chi connectivity index (χ0v) is 13.8. The monoisotopic (exact) mass is 332 g/mol. The predicted molar refractivity (Wildman–Crippen MR) is 86.4 cm³/mol. The molecule has 3 amide bonds. The lowest BCUT2D eigenvalue weighted by Gasteiger charge is -2.11. The number of hydrogen-bond donors (Lipinski definition) is 3. The van der Waals surface area contributed by atoms with Crippen molar-refractivity contribution in [3.8, 4) is 5.88 Å². The SMILES string of the molecule is CCOc1ncccc1CNC(=O)NNC(=O)c1cc(C)oc1C. The van der Waals surface area contributed by atoms with E-state index in [1.54, 1.807) is 38.2 Å². The largest absolute Gasteiger partial charge is 0.478 e. The van der Waals surface area contributed by atoms with Crippen LogP contribution in [0.15, 0.2) is 28.8 Å². The average Bonchev–Trinajstić information content (AvgIpc) is 2.90. The number of carbonyl (C=O) groups excluding carboxylic acids is 2. The van der Waals surface area contributed by atoms with Crippen molar-refractivity contribution in [2.24, 2.45) is 0 Å². The van der Waals surface area contributed by atoms with Gasteiger partial charge in [-0.3, -0.25) is 10.2 Å². The van der Waals surface area contributed by atoms with Crippen molar-refractivity contribution in [3.05, 3.63) is 47.0 Å². The van der Waals surface area contributed by atoms with Crippen LogP contribution in [0, 0.1) is 13.8 Å². The number of furan rings is 1. The molecule has 8 heteroatoms. The number of rotatable bonds is 5. The second-order valence-corrected chi connectivity index (χ2v) is 4.99. The number of carbonyl (C=O) groups is 2. The quantitative estimate of drug-likeness (QED) is 0.725. The first kappa shape index (κ1) is 17.3. The molecule has 128 valence electrons. The fraction of sp³-hybridized carbons (Fsp3) is 0.312. The number of hydrogen-bond acceptors (Lipinski definition) is 5. The number of urea groups is 1. The molecule has 0 radical (unpaired) electrons. The third kappa shape index (κ3) is 4.48. The Balaban J connectivity index is 1.84. The van der Waals surface area contributed by atoms with Crippen molar-refractivity contribution in [1.82, 2.24) is 21.2 Å². The summed E-state index contributed by atoms with van der Waals surface area (Å²) >= 11 is 0. The van der Waals surface area contributed by atoms with Gasteiger partial charge in [-0.25, -0.2) is 15.2 Å². The van der Waals surface area contributed by atoms with Crippen molar-refractivity contribution in [2.75, 3.05) is 6.61 Å². The third-order valence-electron chi connectivity index (χ3n) is 3.15. The van der Waals surface area contributed by atoms with Gasteiger partial charge in [0.05, 0.1) is 12.2 Å². The highest BCUT2D eigenvalue weighted by molar-refractivity contribution is 5.96. The minimum absolute atomic E-state index is 0.217. The molecule has 24 heavy (non-hydrogen) atoms. The molecule has 0 bridgehead atoms. The molecule has 0 saturated heterocycles. The van der Waals surface area contributed by atoms with E-state index in [1.165, 1.54) is 0 Å². The van der Waals surface area contributed by atoms with E-state index < -0.39 is 11.9 Å². The Morgan fingerprint density at radius 3 is 2.75 bits per heavy atom. The van der Waals surface area contributed by atoms with E-state index in [4.69, 9.17) is 9.15 Å². The van der Waals surface area contributed by atoms with Crippen LogP contribution < -0.4 is 20.9 Å². The molecule has 0 spiro atoms. The van der Waals surface area contributed by atoms with E-state index in [-0.39, 0.29) is 6.54 Å². The van der Waals surface area contributed by atoms with Crippen molar-refractivity contribution in [2.45, 2.75) is 27.3 Å². The van der Waals surface area contributed by atoms with Gasteiger partial charge in [-0.2, -0.15) is 0 Å². The predicted octanol–water partition coefficient (Wildman–Crippen LogP) is 1.83. The Morgan fingerprint density at radius 2 is 2.08 bits per heavy atom. The number of pyridine rings is 1. The molecule has 0 saturated carbocycles. The van der Waals surface area contributed by atoms with Crippen LogP contribution in [0.3, 0.4) is 0 Å². The van der Waals surface area contributed by atoms with Crippen LogP contribution in [0.1, 0.15) is 34.4 Å². The highest BCUT2D eigenvalue weighted by Crippen LogP contribution is 2.14. The summed E-state index contributed by atoms with van der Waals surface area (Å²) in [5.41, 5.74) is 5.72. The smallest absolute Gasteiger partial charge is 0.333 e. The first-order chi connectivity index (χ1) is 11.5. The number of aryl methyl sites for hydroxylation is 2. The standard InChI is InChI=1S/C16H20N4O4/c1-4-23-15-12(6-5-7-17-15)9-18-16(22)20-19-14(21)13-8-10(2)24-11(13)3/h5-8H,4,9H2,1-3H3,(H,19,21)(H2,18,20,22). The Bertz CT molecular complexity index is 727. The maximum atomic E-state index is 12.0. The molecule has 2 aromatic rings. The van der Waals surface area contributed by atoms with Crippen LogP contribution in [-0.2, 0) is 6.54 Å². The second-order valence-electron chi connectivity index (χ2n) is 4.99. The lowest BCUT2D eigenvalue weighted by atomic mass is 10.2. The van der Waals surface area contributed by atoms with Crippen LogP contribution in [0.4, 0.5) is 4.79 Å². The molecule has 0 fully saturated rings. The summed E-state index contributed by atoms with van der Waals surface area (Å²) < 4.78 is 10.7. The topological polar surface area (TPSA) is 105 Å². The molecule has 0 aliphatic rings. The average molecular weight is 332 g/mol. The highest BCUT2D eigenvalue weighted by atomic mass is 16.5. The van der Waals surface area contributed by atoms with E-state index in [9.17, 15) is 9.59 Å². The van der Waals surface area contributed by atoms with Gasteiger partial charge in [0.1, 0.15) is 11.5 Å². The summed E-state index contributed by atoms with van der Waals surface area (Å²) in [5.74, 6) is 1.13. The first-order valence-electron chi connectivity index (χ1n) is 7.49. The van der Waals surface area contributed by atoms with Crippen LogP contribution in [0.5, 0.6) is 5.88 Å². The summed E-state index contributed by atoms with van der Waals surface area (Å²) in [6, 6.07) is 4.61. The molecule has 0 aliphatic carbocycles. The molecule has 0 unspecified atom stereocenters. The number of amides is 3. The van der Waals surface area contributed by atoms with Crippen molar-refractivity contribution in [3.63, 3.8) is 0 Å². The van der Waals surface area contributed by atoms with E-state index in [0.717, 1.165) is 5.56 Å². The molecule has 0 aromatic carbocycles. The van der Waals surface area contributed by atoms with Crippen LogP contribution in [0.25, 0.3) is 0 Å². The van der Waals surface area contributed by atoms with Gasteiger partial charge in [-0.05, 0) is 32.9 Å². The lowest BCUT2D eigenvalue weighted by molar-refractivity contribution is 0.0934. The minimum Gasteiger partial charge on any atom is -0.478 e. The zero-order valence-electron chi connectivity index (χ0n) is 13.8. The maximum absolute atomic E-state index is 12.0. The number of aromatic nitrogens is 1. The minimum atomic E-state index is -0.549. The molecule has 2 aromatic heterocycles. The first-order valence-corrected chi connectivity index (χ1v) is 7.49. The normalized spacial score (nSPS) is 10.1. The van der Waals surface area contributed by atoms with Crippen LogP contribution >= 0.6 is 0 Å². The summed E-state index contributed by atoms with van der Waals surface area (Å²) in [5, 5.41) is 2.62. The molecule has 0 atom stereocenters. The van der Waals surface area contributed by atoms with Gasteiger partial charge in [-0.15, -0.1) is 0 Å². The zero-order chi connectivity index (χ0) is 17.5. The van der Waals surface area contributed by atoms with Gasteiger partial charge in [0.25, 0.3) is 5.91 Å². The molecule has 3 N–H and O–H groups in total. The van der Waals surface area contributed by atoms with Crippen LogP contribution in [0.2, 0.25) is 0 Å². The fourth-order valence-electron chi connectivity index (χ4n) is 2.08. The van der Waals surface area contributed by atoms with Gasteiger partial charge >= 0.3 is 6.03 Å². The lowest BCUT2D eigenvalue weighted by Crippen LogP contribution is -2.46. The molecule has 2 heterocycles. The maximum Gasteiger partial charge on any atom is 0.333 e. The van der Waals surface area contributed by atoms with Gasteiger partial charge in [0, 0.05) is 18.3 Å². The van der Waals surface area contributed by atoms with Crippen LogP contribution in [-0.4, -0.2) is 23.5 Å².